The van der Waals surface area contributed by atoms with Crippen LogP contribution in [0.3, 0.4) is 0 Å². The summed E-state index contributed by atoms with van der Waals surface area (Å²) in [7, 11) is 0. The van der Waals surface area contributed by atoms with Crippen LogP contribution in [-0.2, 0) is 4.79 Å². The molecule has 0 aliphatic rings. The Hall–Kier alpha value is -1.65. The van der Waals surface area contributed by atoms with Crippen LogP contribution in [0.15, 0.2) is 53.4 Å². The molecular weight excluding hydrogens is 304 g/mol. The number of nitrogens with two attached hydrogens (primary N) is 1. The highest BCUT2D eigenvalue weighted by Crippen LogP contribution is 2.21. The number of halogens is 1. The second-order valence-electron chi connectivity index (χ2n) is 4.58. The van der Waals surface area contributed by atoms with E-state index in [0.29, 0.717) is 12.1 Å². The fraction of sp³-hybridized carbons (Fsp3) is 0.188. The minimum absolute atomic E-state index is 0.0114. The van der Waals surface area contributed by atoms with Crippen LogP contribution < -0.4 is 11.1 Å². The molecule has 2 rings (SSSR count). The van der Waals surface area contributed by atoms with Crippen molar-refractivity contribution >= 4 is 40.6 Å². The number of hydrogen-bond acceptors (Lipinski definition) is 3. The van der Waals surface area contributed by atoms with E-state index in [2.05, 4.69) is 5.32 Å². The quantitative estimate of drug-likeness (QED) is 0.470. The Morgan fingerprint density at radius 3 is 2.67 bits per heavy atom. The Kier molecular flexibility index (Phi) is 5.96. The summed E-state index contributed by atoms with van der Waals surface area (Å²) in [6.45, 7) is 0. The van der Waals surface area contributed by atoms with Gasteiger partial charge in [-0.2, -0.15) is 0 Å². The molecule has 110 valence electrons. The molecule has 0 saturated carbocycles. The lowest BCUT2D eigenvalue weighted by Crippen LogP contribution is -2.11. The first-order chi connectivity index (χ1) is 10.1. The van der Waals surface area contributed by atoms with Crippen LogP contribution in [0, 0.1) is 0 Å². The molecule has 21 heavy (non-hydrogen) atoms. The Bertz CT molecular complexity index is 601. The summed E-state index contributed by atoms with van der Waals surface area (Å²) < 4.78 is 0. The maximum atomic E-state index is 11.8. The van der Waals surface area contributed by atoms with Gasteiger partial charge in [0.05, 0.1) is 0 Å². The first kappa shape index (κ1) is 15.7. The van der Waals surface area contributed by atoms with Gasteiger partial charge in [0.15, 0.2) is 0 Å². The van der Waals surface area contributed by atoms with Crippen LogP contribution in [0.5, 0.6) is 0 Å². The van der Waals surface area contributed by atoms with Gasteiger partial charge >= 0.3 is 0 Å². The lowest BCUT2D eigenvalue weighted by atomic mass is 10.2. The third-order valence-electron chi connectivity index (χ3n) is 2.80. The molecule has 1 amide bonds. The van der Waals surface area contributed by atoms with E-state index in [-0.39, 0.29) is 5.91 Å². The second kappa shape index (κ2) is 7.96. The maximum Gasteiger partial charge on any atom is 0.224 e. The average Bonchev–Trinajstić information content (AvgIpc) is 2.45. The zero-order valence-corrected chi connectivity index (χ0v) is 13.1. The van der Waals surface area contributed by atoms with Crippen molar-refractivity contribution in [2.24, 2.45) is 0 Å². The molecule has 0 radical (unpaired) electrons. The predicted molar refractivity (Wildman–Crippen MR) is 90.9 cm³/mol. The van der Waals surface area contributed by atoms with Crippen molar-refractivity contribution in [2.75, 3.05) is 16.8 Å². The van der Waals surface area contributed by atoms with Crippen LogP contribution in [0.2, 0.25) is 5.02 Å². The van der Waals surface area contributed by atoms with Gasteiger partial charge in [-0.05, 0) is 54.6 Å². The predicted octanol–water partition coefficient (Wildman–Crippen LogP) is 4.43. The van der Waals surface area contributed by atoms with Gasteiger partial charge in [-0.3, -0.25) is 4.79 Å². The molecule has 0 aromatic heterocycles. The van der Waals surface area contributed by atoms with Crippen LogP contribution in [0.25, 0.3) is 0 Å². The van der Waals surface area contributed by atoms with E-state index in [4.69, 9.17) is 17.3 Å². The molecule has 0 unspecified atom stereocenters. The number of amides is 1. The summed E-state index contributed by atoms with van der Waals surface area (Å²) in [5.41, 5.74) is 7.05. The zero-order valence-electron chi connectivity index (χ0n) is 11.5. The van der Waals surface area contributed by atoms with Gasteiger partial charge in [-0.1, -0.05) is 17.7 Å². The number of benzene rings is 2. The number of rotatable bonds is 6. The Morgan fingerprint density at radius 2 is 1.95 bits per heavy atom. The highest BCUT2D eigenvalue weighted by atomic mass is 35.5. The number of thioether (sulfide) groups is 1. The third-order valence-corrected chi connectivity index (χ3v) is 4.15. The number of hydrogen-bond donors (Lipinski definition) is 2. The molecule has 5 heteroatoms. The van der Waals surface area contributed by atoms with E-state index in [1.54, 1.807) is 23.9 Å². The minimum atomic E-state index is 0.0114. The molecule has 2 aromatic rings. The SMILES string of the molecule is Nc1cccc(NC(=O)CCCSc2ccc(Cl)cc2)c1. The summed E-state index contributed by atoms with van der Waals surface area (Å²) in [4.78, 5) is 13.0. The Labute approximate surface area is 133 Å². The number of carbonyl (C=O) groups excluding carboxylic acids is 1. The van der Waals surface area contributed by atoms with E-state index in [1.807, 2.05) is 36.4 Å². The molecule has 0 heterocycles. The van der Waals surface area contributed by atoms with Gasteiger partial charge < -0.3 is 11.1 Å². The van der Waals surface area contributed by atoms with Crippen LogP contribution >= 0.6 is 23.4 Å². The minimum Gasteiger partial charge on any atom is -0.399 e. The van der Waals surface area contributed by atoms with Gasteiger partial charge in [-0.25, -0.2) is 0 Å². The van der Waals surface area contributed by atoms with E-state index in [9.17, 15) is 4.79 Å². The highest BCUT2D eigenvalue weighted by molar-refractivity contribution is 7.99. The van der Waals surface area contributed by atoms with Crippen LogP contribution in [0.1, 0.15) is 12.8 Å². The largest absolute Gasteiger partial charge is 0.399 e. The normalized spacial score (nSPS) is 10.3. The topological polar surface area (TPSA) is 55.1 Å². The number of carbonyl (C=O) groups is 1. The van der Waals surface area contributed by atoms with Gasteiger partial charge in [0, 0.05) is 27.7 Å². The molecule has 0 spiro atoms. The maximum absolute atomic E-state index is 11.8. The second-order valence-corrected chi connectivity index (χ2v) is 6.18. The molecule has 3 nitrogen and oxygen atoms in total. The van der Waals surface area contributed by atoms with E-state index in [1.165, 1.54) is 0 Å². The smallest absolute Gasteiger partial charge is 0.224 e. The Morgan fingerprint density at radius 1 is 1.19 bits per heavy atom. The number of nitrogens with one attached hydrogen (secondary N) is 1. The molecule has 0 aliphatic heterocycles. The van der Waals surface area contributed by atoms with Crippen molar-refractivity contribution in [2.45, 2.75) is 17.7 Å². The molecule has 0 saturated heterocycles. The van der Waals surface area contributed by atoms with Crippen molar-refractivity contribution in [3.8, 4) is 0 Å². The summed E-state index contributed by atoms with van der Waals surface area (Å²) >= 11 is 7.55. The summed E-state index contributed by atoms with van der Waals surface area (Å²) in [5.74, 6) is 0.906. The molecule has 0 fully saturated rings. The number of anilines is 2. The fourth-order valence-corrected chi connectivity index (χ4v) is 2.77. The zero-order chi connectivity index (χ0) is 15.1. The van der Waals surface area contributed by atoms with Crippen LogP contribution in [0.4, 0.5) is 11.4 Å². The van der Waals surface area contributed by atoms with Crippen molar-refractivity contribution in [1.29, 1.82) is 0 Å². The molecule has 3 N–H and O–H groups in total. The van der Waals surface area contributed by atoms with E-state index >= 15 is 0 Å². The van der Waals surface area contributed by atoms with E-state index in [0.717, 1.165) is 27.8 Å². The van der Waals surface area contributed by atoms with Gasteiger partial charge in [0.1, 0.15) is 0 Å². The molecule has 0 aliphatic carbocycles. The van der Waals surface area contributed by atoms with Crippen LogP contribution in [-0.4, -0.2) is 11.7 Å². The molecule has 0 atom stereocenters. The first-order valence-corrected chi connectivity index (χ1v) is 8.03. The summed E-state index contributed by atoms with van der Waals surface area (Å²) in [6.07, 6.45) is 1.32. The summed E-state index contributed by atoms with van der Waals surface area (Å²) in [6, 6.07) is 14.9. The first-order valence-electron chi connectivity index (χ1n) is 6.67. The average molecular weight is 321 g/mol. The molecule has 2 aromatic carbocycles. The van der Waals surface area contributed by atoms with Crippen molar-refractivity contribution < 1.29 is 4.79 Å². The Balaban J connectivity index is 1.68. The lowest BCUT2D eigenvalue weighted by molar-refractivity contribution is -0.116. The van der Waals surface area contributed by atoms with Crippen molar-refractivity contribution in [3.63, 3.8) is 0 Å². The van der Waals surface area contributed by atoms with E-state index < -0.39 is 0 Å². The van der Waals surface area contributed by atoms with Crippen molar-refractivity contribution in [3.05, 3.63) is 53.6 Å². The third kappa shape index (κ3) is 5.69. The van der Waals surface area contributed by atoms with Gasteiger partial charge in [0.2, 0.25) is 5.91 Å². The van der Waals surface area contributed by atoms with Gasteiger partial charge in [-0.15, -0.1) is 11.8 Å². The molecular formula is C16H17ClN2OS. The lowest BCUT2D eigenvalue weighted by Gasteiger charge is -2.06. The van der Waals surface area contributed by atoms with Gasteiger partial charge in [0.25, 0.3) is 0 Å². The standard InChI is InChI=1S/C16H17ClN2OS/c17-12-6-8-15(9-7-12)21-10-2-5-16(20)19-14-4-1-3-13(18)11-14/h1,3-4,6-9,11H,2,5,10,18H2,(H,19,20). The summed E-state index contributed by atoms with van der Waals surface area (Å²) in [5, 5.41) is 3.58. The van der Waals surface area contributed by atoms with Crippen molar-refractivity contribution in [1.82, 2.24) is 0 Å². The fourth-order valence-electron chi connectivity index (χ4n) is 1.79. The highest BCUT2D eigenvalue weighted by Gasteiger charge is 2.03. The molecule has 0 bridgehead atoms. The monoisotopic (exact) mass is 320 g/mol. The number of nitrogen functional groups attached to an aromatic ring is 1.